The molecule has 1 aromatic carbocycles. The van der Waals surface area contributed by atoms with Crippen molar-refractivity contribution in [3.05, 3.63) is 34.5 Å². The zero-order valence-corrected chi connectivity index (χ0v) is 9.47. The molecule has 1 heterocycles. The second kappa shape index (κ2) is 4.03. The molecule has 0 saturated carbocycles. The van der Waals surface area contributed by atoms with Crippen LogP contribution in [0.2, 0.25) is 5.02 Å². The lowest BCUT2D eigenvalue weighted by Crippen LogP contribution is -2.12. The van der Waals surface area contributed by atoms with Crippen LogP contribution in [0.4, 0.5) is 18.9 Å². The van der Waals surface area contributed by atoms with Gasteiger partial charge in [0.1, 0.15) is 6.07 Å². The number of nitrogens with zero attached hydrogens (tertiary/aromatic N) is 2. The van der Waals surface area contributed by atoms with Crippen molar-refractivity contribution in [1.82, 2.24) is 4.98 Å². The molecule has 0 saturated heterocycles. The molecule has 2 N–H and O–H groups in total. The molecular formula is C11H5ClF3N3. The van der Waals surface area contributed by atoms with E-state index in [1.165, 1.54) is 12.1 Å². The summed E-state index contributed by atoms with van der Waals surface area (Å²) in [5.41, 5.74) is 3.17. The molecule has 0 aliphatic rings. The molecule has 2 aromatic rings. The molecule has 0 aliphatic carbocycles. The van der Waals surface area contributed by atoms with Crippen molar-refractivity contribution in [3.63, 3.8) is 0 Å². The highest BCUT2D eigenvalue weighted by molar-refractivity contribution is 6.31. The van der Waals surface area contributed by atoms with Gasteiger partial charge < -0.3 is 5.73 Å². The molecule has 18 heavy (non-hydrogen) atoms. The van der Waals surface area contributed by atoms with Crippen LogP contribution in [-0.2, 0) is 6.18 Å². The Balaban J connectivity index is 2.99. The highest BCUT2D eigenvalue weighted by Gasteiger charge is 2.36. The van der Waals surface area contributed by atoms with Gasteiger partial charge in [-0.2, -0.15) is 18.4 Å². The van der Waals surface area contributed by atoms with Crippen LogP contribution in [-0.4, -0.2) is 4.98 Å². The predicted molar refractivity (Wildman–Crippen MR) is 60.9 cm³/mol. The van der Waals surface area contributed by atoms with Crippen LogP contribution in [0.15, 0.2) is 18.2 Å². The summed E-state index contributed by atoms with van der Waals surface area (Å²) >= 11 is 5.67. The summed E-state index contributed by atoms with van der Waals surface area (Å²) < 4.78 is 38.9. The maximum absolute atomic E-state index is 13.0. The smallest absolute Gasteiger partial charge is 0.396 e. The van der Waals surface area contributed by atoms with E-state index in [9.17, 15) is 13.2 Å². The average molecular weight is 272 g/mol. The van der Waals surface area contributed by atoms with Crippen molar-refractivity contribution >= 4 is 28.2 Å². The van der Waals surface area contributed by atoms with Gasteiger partial charge in [0, 0.05) is 10.4 Å². The van der Waals surface area contributed by atoms with Gasteiger partial charge in [-0.3, -0.25) is 0 Å². The lowest BCUT2D eigenvalue weighted by molar-refractivity contribution is -0.135. The molecule has 2 rings (SSSR count). The van der Waals surface area contributed by atoms with Crippen LogP contribution >= 0.6 is 11.6 Å². The normalized spacial score (nSPS) is 11.5. The summed E-state index contributed by atoms with van der Waals surface area (Å²) in [6.07, 6.45) is -4.68. The predicted octanol–water partition coefficient (Wildman–Crippen LogP) is 3.36. The SMILES string of the molecule is N#Cc1nc2ccc(Cl)cc2c(C(F)(F)F)c1N. The molecule has 0 fully saturated rings. The Kier molecular flexibility index (Phi) is 2.79. The van der Waals surface area contributed by atoms with Crippen molar-refractivity contribution in [2.45, 2.75) is 6.18 Å². The second-order valence-electron chi connectivity index (χ2n) is 3.52. The molecule has 7 heteroatoms. The molecule has 3 nitrogen and oxygen atoms in total. The van der Waals surface area contributed by atoms with Crippen LogP contribution in [0.25, 0.3) is 10.9 Å². The van der Waals surface area contributed by atoms with Gasteiger partial charge in [-0.05, 0) is 18.2 Å². The molecule has 1 aromatic heterocycles. The molecular weight excluding hydrogens is 267 g/mol. The largest absolute Gasteiger partial charge is 0.419 e. The summed E-state index contributed by atoms with van der Waals surface area (Å²) in [5.74, 6) is 0. The summed E-state index contributed by atoms with van der Waals surface area (Å²) in [6.45, 7) is 0. The Bertz CT molecular complexity index is 674. The van der Waals surface area contributed by atoms with Crippen LogP contribution in [0, 0.1) is 11.3 Å². The number of nitriles is 1. The van der Waals surface area contributed by atoms with E-state index in [2.05, 4.69) is 4.98 Å². The third-order valence-electron chi connectivity index (χ3n) is 2.37. The van der Waals surface area contributed by atoms with E-state index in [0.717, 1.165) is 6.07 Å². The summed E-state index contributed by atoms with van der Waals surface area (Å²) in [7, 11) is 0. The highest BCUT2D eigenvalue weighted by Crippen LogP contribution is 2.40. The maximum Gasteiger partial charge on any atom is 0.419 e. The number of anilines is 1. The molecule has 0 aliphatic heterocycles. The quantitative estimate of drug-likeness (QED) is 0.799. The number of rotatable bonds is 0. The van der Waals surface area contributed by atoms with Gasteiger partial charge in [-0.25, -0.2) is 4.98 Å². The van der Waals surface area contributed by atoms with E-state index in [1.54, 1.807) is 6.07 Å². The third kappa shape index (κ3) is 1.93. The number of nitrogen functional groups attached to an aromatic ring is 1. The van der Waals surface area contributed by atoms with E-state index in [-0.39, 0.29) is 15.9 Å². The summed E-state index contributed by atoms with van der Waals surface area (Å²) in [4.78, 5) is 3.76. The van der Waals surface area contributed by atoms with Gasteiger partial charge in [-0.1, -0.05) is 11.6 Å². The standard InChI is InChI=1S/C11H5ClF3N3/c12-5-1-2-7-6(3-5)9(11(13,14)15)10(17)8(4-16)18-7/h1-3H,17H2. The van der Waals surface area contributed by atoms with E-state index in [1.807, 2.05) is 0 Å². The highest BCUT2D eigenvalue weighted by atomic mass is 35.5. The molecule has 0 spiro atoms. The minimum Gasteiger partial charge on any atom is -0.396 e. The Labute approximate surface area is 105 Å². The average Bonchev–Trinajstić information content (AvgIpc) is 2.26. The fourth-order valence-electron chi connectivity index (χ4n) is 1.64. The molecule has 92 valence electrons. The van der Waals surface area contributed by atoms with Crippen molar-refractivity contribution in [1.29, 1.82) is 5.26 Å². The second-order valence-corrected chi connectivity index (χ2v) is 3.96. The molecule has 0 unspecified atom stereocenters. The molecule has 0 atom stereocenters. The van der Waals surface area contributed by atoms with Crippen LogP contribution < -0.4 is 5.73 Å². The van der Waals surface area contributed by atoms with Gasteiger partial charge in [0.05, 0.1) is 16.8 Å². The number of hydrogen-bond acceptors (Lipinski definition) is 3. The zero-order chi connectivity index (χ0) is 13.5. The fraction of sp³-hybridized carbons (Fsp3) is 0.0909. The molecule has 0 bridgehead atoms. The number of aromatic nitrogens is 1. The van der Waals surface area contributed by atoms with Crippen molar-refractivity contribution < 1.29 is 13.2 Å². The minimum absolute atomic E-state index is 0.0254. The van der Waals surface area contributed by atoms with Crippen LogP contribution in [0.1, 0.15) is 11.3 Å². The van der Waals surface area contributed by atoms with Crippen molar-refractivity contribution in [3.8, 4) is 6.07 Å². The lowest BCUT2D eigenvalue weighted by Gasteiger charge is -2.14. The number of hydrogen-bond donors (Lipinski definition) is 1. The Morgan fingerprint density at radius 3 is 2.56 bits per heavy atom. The van der Waals surface area contributed by atoms with E-state index < -0.39 is 23.1 Å². The Hall–Kier alpha value is -2.00. The first-order valence-corrected chi connectivity index (χ1v) is 5.08. The van der Waals surface area contributed by atoms with Crippen LogP contribution in [0.5, 0.6) is 0 Å². The van der Waals surface area contributed by atoms with Gasteiger partial charge >= 0.3 is 6.18 Å². The van der Waals surface area contributed by atoms with Gasteiger partial charge in [0.25, 0.3) is 0 Å². The van der Waals surface area contributed by atoms with Gasteiger partial charge in [0.2, 0.25) is 0 Å². The van der Waals surface area contributed by atoms with Crippen molar-refractivity contribution in [2.75, 3.05) is 5.73 Å². The number of pyridine rings is 1. The third-order valence-corrected chi connectivity index (χ3v) is 2.61. The number of benzene rings is 1. The minimum atomic E-state index is -4.68. The monoisotopic (exact) mass is 271 g/mol. The number of nitrogens with two attached hydrogens (primary N) is 1. The Morgan fingerprint density at radius 2 is 2.00 bits per heavy atom. The number of alkyl halides is 3. The molecule has 0 radical (unpaired) electrons. The topological polar surface area (TPSA) is 62.7 Å². The van der Waals surface area contributed by atoms with Gasteiger partial charge in [0.15, 0.2) is 5.69 Å². The fourth-order valence-corrected chi connectivity index (χ4v) is 1.81. The number of halogens is 4. The first-order chi connectivity index (χ1) is 8.34. The summed E-state index contributed by atoms with van der Waals surface area (Å²) in [6, 6.07) is 5.38. The maximum atomic E-state index is 13.0. The zero-order valence-electron chi connectivity index (χ0n) is 8.72. The van der Waals surface area contributed by atoms with E-state index in [0.29, 0.717) is 0 Å². The first-order valence-electron chi connectivity index (χ1n) is 4.70. The van der Waals surface area contributed by atoms with Gasteiger partial charge in [-0.15, -0.1) is 0 Å². The molecule has 0 amide bonds. The van der Waals surface area contributed by atoms with E-state index in [4.69, 9.17) is 22.6 Å². The van der Waals surface area contributed by atoms with Crippen molar-refractivity contribution in [2.24, 2.45) is 0 Å². The summed E-state index contributed by atoms with van der Waals surface area (Å²) in [5, 5.41) is 8.66. The Morgan fingerprint density at radius 1 is 1.33 bits per heavy atom. The van der Waals surface area contributed by atoms with Crippen LogP contribution in [0.3, 0.4) is 0 Å². The first kappa shape index (κ1) is 12.5. The number of fused-ring (bicyclic) bond motifs is 1. The lowest BCUT2D eigenvalue weighted by atomic mass is 10.0. The van der Waals surface area contributed by atoms with E-state index >= 15 is 0 Å².